The number of nitrogens with one attached hydrogen (secondary N) is 2. The minimum Gasteiger partial charge on any atom is -0.493 e. The molecule has 0 bridgehead atoms. The predicted octanol–water partition coefficient (Wildman–Crippen LogP) is 3.80. The molecule has 0 aliphatic rings. The van der Waals surface area contributed by atoms with Crippen molar-refractivity contribution in [3.05, 3.63) is 53.6 Å². The number of hydrogen-bond donors (Lipinski definition) is 2. The highest BCUT2D eigenvalue weighted by molar-refractivity contribution is 6.03. The van der Waals surface area contributed by atoms with Crippen molar-refractivity contribution in [2.75, 3.05) is 19.5 Å². The van der Waals surface area contributed by atoms with Crippen LogP contribution in [0.15, 0.2) is 42.5 Å². The van der Waals surface area contributed by atoms with Gasteiger partial charge in [0.2, 0.25) is 5.91 Å². The van der Waals surface area contributed by atoms with Crippen molar-refractivity contribution in [1.29, 1.82) is 0 Å². The second-order valence-electron chi connectivity index (χ2n) is 6.57. The third-order valence-corrected chi connectivity index (χ3v) is 4.52. The minimum absolute atomic E-state index is 0.0707. The molecular formula is C22H28N2O4. The first-order valence-corrected chi connectivity index (χ1v) is 9.39. The molecule has 2 aromatic carbocycles. The predicted molar refractivity (Wildman–Crippen MR) is 110 cm³/mol. The number of methoxy groups -OCH3 is 2. The second-order valence-corrected chi connectivity index (χ2v) is 6.57. The van der Waals surface area contributed by atoms with Gasteiger partial charge >= 0.3 is 0 Å². The highest BCUT2D eigenvalue weighted by Gasteiger charge is 2.15. The monoisotopic (exact) mass is 384 g/mol. The van der Waals surface area contributed by atoms with E-state index in [1.807, 2.05) is 32.0 Å². The molecule has 0 saturated carbocycles. The Morgan fingerprint density at radius 2 is 1.75 bits per heavy atom. The van der Waals surface area contributed by atoms with Crippen molar-refractivity contribution >= 4 is 17.5 Å². The van der Waals surface area contributed by atoms with Crippen LogP contribution in [0.4, 0.5) is 5.69 Å². The van der Waals surface area contributed by atoms with E-state index >= 15 is 0 Å². The van der Waals surface area contributed by atoms with E-state index in [0.717, 1.165) is 12.0 Å². The molecule has 0 fully saturated rings. The molecule has 0 aromatic heterocycles. The molecule has 0 saturated heterocycles. The fourth-order valence-electron chi connectivity index (χ4n) is 2.70. The molecule has 6 nitrogen and oxygen atoms in total. The van der Waals surface area contributed by atoms with Crippen LogP contribution in [0.2, 0.25) is 0 Å². The number of anilines is 1. The summed E-state index contributed by atoms with van der Waals surface area (Å²) >= 11 is 0. The third kappa shape index (κ3) is 5.74. The van der Waals surface area contributed by atoms with Gasteiger partial charge in [-0.3, -0.25) is 9.59 Å². The molecule has 28 heavy (non-hydrogen) atoms. The third-order valence-electron chi connectivity index (χ3n) is 4.52. The van der Waals surface area contributed by atoms with Crippen LogP contribution in [0.3, 0.4) is 0 Å². The Morgan fingerprint density at radius 1 is 1.04 bits per heavy atom. The fraction of sp³-hybridized carbons (Fsp3) is 0.364. The lowest BCUT2D eigenvalue weighted by Crippen LogP contribution is -2.32. The van der Waals surface area contributed by atoms with Crippen LogP contribution < -0.4 is 20.1 Å². The van der Waals surface area contributed by atoms with E-state index in [9.17, 15) is 9.59 Å². The molecule has 1 unspecified atom stereocenters. The average molecular weight is 384 g/mol. The number of rotatable bonds is 9. The van der Waals surface area contributed by atoms with Crippen molar-refractivity contribution in [1.82, 2.24) is 5.32 Å². The van der Waals surface area contributed by atoms with Crippen molar-refractivity contribution in [2.24, 2.45) is 0 Å². The highest BCUT2D eigenvalue weighted by Crippen LogP contribution is 2.28. The summed E-state index contributed by atoms with van der Waals surface area (Å²) in [5.74, 6) is 0.938. The molecule has 2 aromatic rings. The summed E-state index contributed by atoms with van der Waals surface area (Å²) in [6, 6.07) is 12.7. The minimum atomic E-state index is -0.190. The maximum atomic E-state index is 12.4. The van der Waals surface area contributed by atoms with E-state index < -0.39 is 0 Å². The van der Waals surface area contributed by atoms with Gasteiger partial charge in [-0.2, -0.15) is 0 Å². The molecule has 2 N–H and O–H groups in total. The van der Waals surface area contributed by atoms with Gasteiger partial charge in [-0.1, -0.05) is 25.1 Å². The Morgan fingerprint density at radius 3 is 2.43 bits per heavy atom. The lowest BCUT2D eigenvalue weighted by atomic mass is 10.1. The van der Waals surface area contributed by atoms with Crippen LogP contribution in [0.25, 0.3) is 0 Å². The number of benzene rings is 2. The SMILES string of the molecule is CCC(C)NC(=O)c1ccccc1NC(=O)CCc1ccc(OC)c(OC)c1. The number of amides is 2. The van der Waals surface area contributed by atoms with Gasteiger partial charge in [0.05, 0.1) is 25.5 Å². The summed E-state index contributed by atoms with van der Waals surface area (Å²) in [4.78, 5) is 24.9. The Kier molecular flexibility index (Phi) is 7.87. The Balaban J connectivity index is 2.01. The normalized spacial score (nSPS) is 11.4. The van der Waals surface area contributed by atoms with Crippen molar-refractivity contribution in [3.63, 3.8) is 0 Å². The van der Waals surface area contributed by atoms with Crippen LogP contribution in [0.5, 0.6) is 11.5 Å². The average Bonchev–Trinajstić information content (AvgIpc) is 2.72. The zero-order valence-electron chi connectivity index (χ0n) is 16.9. The van der Waals surface area contributed by atoms with Gasteiger partial charge in [0.25, 0.3) is 5.91 Å². The molecule has 2 amide bonds. The van der Waals surface area contributed by atoms with E-state index in [0.29, 0.717) is 29.2 Å². The Labute approximate surface area is 166 Å². The van der Waals surface area contributed by atoms with Gasteiger partial charge < -0.3 is 20.1 Å². The summed E-state index contributed by atoms with van der Waals surface area (Å²) in [7, 11) is 3.16. The molecule has 0 aliphatic carbocycles. The van der Waals surface area contributed by atoms with Crippen LogP contribution >= 0.6 is 0 Å². The molecule has 6 heteroatoms. The summed E-state index contributed by atoms with van der Waals surface area (Å²) in [6.45, 7) is 3.95. The topological polar surface area (TPSA) is 76.7 Å². The smallest absolute Gasteiger partial charge is 0.253 e. The molecular weight excluding hydrogens is 356 g/mol. The fourth-order valence-corrected chi connectivity index (χ4v) is 2.70. The van der Waals surface area contributed by atoms with Gasteiger partial charge in [0.1, 0.15) is 0 Å². The maximum Gasteiger partial charge on any atom is 0.253 e. The molecule has 0 radical (unpaired) electrons. The maximum absolute atomic E-state index is 12.4. The van der Waals surface area contributed by atoms with E-state index in [1.165, 1.54) is 0 Å². The van der Waals surface area contributed by atoms with E-state index in [1.54, 1.807) is 38.5 Å². The van der Waals surface area contributed by atoms with Gasteiger partial charge in [-0.15, -0.1) is 0 Å². The second kappa shape index (κ2) is 10.3. The van der Waals surface area contributed by atoms with Gasteiger partial charge in [-0.25, -0.2) is 0 Å². The highest BCUT2D eigenvalue weighted by atomic mass is 16.5. The van der Waals surface area contributed by atoms with Crippen molar-refractivity contribution in [2.45, 2.75) is 39.2 Å². The molecule has 1 atom stereocenters. The summed E-state index contributed by atoms with van der Waals surface area (Å²) in [5, 5.41) is 5.77. The Bertz CT molecular complexity index is 820. The van der Waals surface area contributed by atoms with Crippen LogP contribution in [-0.2, 0) is 11.2 Å². The molecule has 0 aliphatic heterocycles. The van der Waals surface area contributed by atoms with E-state index in [4.69, 9.17) is 9.47 Å². The zero-order valence-corrected chi connectivity index (χ0v) is 16.9. The summed E-state index contributed by atoms with van der Waals surface area (Å²) < 4.78 is 10.5. The zero-order chi connectivity index (χ0) is 20.5. The molecule has 2 rings (SSSR count). The van der Waals surface area contributed by atoms with E-state index in [2.05, 4.69) is 10.6 Å². The first kappa shape index (κ1) is 21.3. The molecule has 0 heterocycles. The number of carbonyl (C=O) groups is 2. The summed E-state index contributed by atoms with van der Waals surface area (Å²) in [5.41, 5.74) is 1.94. The largest absolute Gasteiger partial charge is 0.493 e. The van der Waals surface area contributed by atoms with Gasteiger partial charge in [-0.05, 0) is 49.6 Å². The lowest BCUT2D eigenvalue weighted by Gasteiger charge is -2.15. The van der Waals surface area contributed by atoms with Crippen LogP contribution in [0, 0.1) is 0 Å². The summed E-state index contributed by atoms with van der Waals surface area (Å²) in [6.07, 6.45) is 1.68. The van der Waals surface area contributed by atoms with Crippen LogP contribution in [0.1, 0.15) is 42.6 Å². The number of hydrogen-bond acceptors (Lipinski definition) is 4. The van der Waals surface area contributed by atoms with Crippen molar-refractivity contribution < 1.29 is 19.1 Å². The number of para-hydroxylation sites is 1. The van der Waals surface area contributed by atoms with E-state index in [-0.39, 0.29) is 24.3 Å². The lowest BCUT2D eigenvalue weighted by molar-refractivity contribution is -0.116. The molecule has 0 spiro atoms. The first-order chi connectivity index (χ1) is 13.5. The molecule has 150 valence electrons. The number of carbonyl (C=O) groups excluding carboxylic acids is 2. The van der Waals surface area contributed by atoms with Gasteiger partial charge in [0, 0.05) is 12.5 Å². The quantitative estimate of drug-likeness (QED) is 0.689. The van der Waals surface area contributed by atoms with Gasteiger partial charge in [0.15, 0.2) is 11.5 Å². The standard InChI is InChI=1S/C22H28N2O4/c1-5-15(2)23-22(26)17-8-6-7-9-18(17)24-21(25)13-11-16-10-12-19(27-3)20(14-16)28-4/h6-10,12,14-15H,5,11,13H2,1-4H3,(H,23,26)(H,24,25). The number of aryl methyl sites for hydroxylation is 1. The van der Waals surface area contributed by atoms with Crippen LogP contribution in [-0.4, -0.2) is 32.1 Å². The van der Waals surface area contributed by atoms with Crippen molar-refractivity contribution in [3.8, 4) is 11.5 Å². The number of ether oxygens (including phenoxy) is 2. The first-order valence-electron chi connectivity index (χ1n) is 9.39. The Hall–Kier alpha value is -3.02.